The van der Waals surface area contributed by atoms with Gasteiger partial charge in [-0.15, -0.1) is 0 Å². The van der Waals surface area contributed by atoms with E-state index < -0.39 is 0 Å². The first kappa shape index (κ1) is 18.5. The number of carbonyl (C=O) groups excluding carboxylic acids is 2. The van der Waals surface area contributed by atoms with E-state index in [2.05, 4.69) is 0 Å². The zero-order valence-corrected chi connectivity index (χ0v) is 14.6. The summed E-state index contributed by atoms with van der Waals surface area (Å²) in [4.78, 5) is 25.7. The first-order chi connectivity index (χ1) is 12.1. The lowest BCUT2D eigenvalue weighted by atomic mass is 10.2. The third kappa shape index (κ3) is 5.64. The fraction of sp³-hybridized carbons (Fsp3) is 0.300. The Hall–Kier alpha value is -2.82. The molecule has 1 amide bonds. The lowest BCUT2D eigenvalue weighted by Gasteiger charge is -2.21. The van der Waals surface area contributed by atoms with Crippen LogP contribution in [0.3, 0.4) is 0 Å². The van der Waals surface area contributed by atoms with Gasteiger partial charge in [-0.3, -0.25) is 4.79 Å². The molecule has 0 saturated heterocycles. The number of ether oxygens (including phenoxy) is 2. The molecular formula is C20H23NO4. The van der Waals surface area contributed by atoms with Gasteiger partial charge in [0.05, 0.1) is 12.2 Å². The summed E-state index contributed by atoms with van der Waals surface area (Å²) in [6, 6.07) is 16.4. The second-order valence-corrected chi connectivity index (χ2v) is 5.43. The number of amides is 1. The summed E-state index contributed by atoms with van der Waals surface area (Å²) < 4.78 is 10.5. The maximum absolute atomic E-state index is 12.3. The number of carbonyl (C=O) groups is 2. The van der Waals surface area contributed by atoms with Gasteiger partial charge in [-0.05, 0) is 43.7 Å². The zero-order chi connectivity index (χ0) is 18.1. The highest BCUT2D eigenvalue weighted by atomic mass is 16.5. The average molecular weight is 341 g/mol. The summed E-state index contributed by atoms with van der Waals surface area (Å²) >= 11 is 0. The molecule has 0 aliphatic heterocycles. The first-order valence-electron chi connectivity index (χ1n) is 8.35. The fourth-order valence-electron chi connectivity index (χ4n) is 2.32. The molecule has 2 rings (SSSR count). The largest absolute Gasteiger partial charge is 0.484 e. The van der Waals surface area contributed by atoms with Gasteiger partial charge >= 0.3 is 5.97 Å². The monoisotopic (exact) mass is 341 g/mol. The van der Waals surface area contributed by atoms with Crippen LogP contribution in [0.15, 0.2) is 54.6 Å². The number of rotatable bonds is 8. The number of hydrogen-bond donors (Lipinski definition) is 0. The van der Waals surface area contributed by atoms with Crippen molar-refractivity contribution in [3.8, 4) is 5.75 Å². The zero-order valence-electron chi connectivity index (χ0n) is 14.6. The molecule has 5 nitrogen and oxygen atoms in total. The van der Waals surface area contributed by atoms with Crippen LogP contribution in [-0.2, 0) is 16.1 Å². The Morgan fingerprint density at radius 1 is 0.960 bits per heavy atom. The van der Waals surface area contributed by atoms with Gasteiger partial charge in [-0.25, -0.2) is 4.79 Å². The molecular weight excluding hydrogens is 318 g/mol. The van der Waals surface area contributed by atoms with Crippen LogP contribution >= 0.6 is 0 Å². The Kier molecular flexibility index (Phi) is 7.01. The van der Waals surface area contributed by atoms with Crippen molar-refractivity contribution < 1.29 is 19.1 Å². The van der Waals surface area contributed by atoms with Gasteiger partial charge in [-0.1, -0.05) is 30.3 Å². The van der Waals surface area contributed by atoms with Crippen molar-refractivity contribution in [2.45, 2.75) is 20.4 Å². The lowest BCUT2D eigenvalue weighted by molar-refractivity contribution is -0.133. The quantitative estimate of drug-likeness (QED) is 0.692. The Morgan fingerprint density at radius 3 is 2.24 bits per heavy atom. The Bertz CT molecular complexity index is 683. The lowest BCUT2D eigenvalue weighted by Crippen LogP contribution is -2.34. The number of nitrogens with zero attached hydrogens (tertiary/aromatic N) is 1. The normalized spacial score (nSPS) is 10.2. The Balaban J connectivity index is 1.88. The predicted octanol–water partition coefficient (Wildman–Crippen LogP) is 3.29. The number of benzene rings is 2. The molecule has 0 atom stereocenters. The highest BCUT2D eigenvalue weighted by molar-refractivity contribution is 5.89. The minimum absolute atomic E-state index is 0.0422. The molecule has 0 saturated carbocycles. The molecule has 132 valence electrons. The molecule has 0 N–H and O–H groups in total. The average Bonchev–Trinajstić information content (AvgIpc) is 2.65. The molecule has 2 aromatic carbocycles. The van der Waals surface area contributed by atoms with Gasteiger partial charge in [-0.2, -0.15) is 0 Å². The van der Waals surface area contributed by atoms with E-state index in [0.717, 1.165) is 5.56 Å². The smallest absolute Gasteiger partial charge is 0.338 e. The second-order valence-electron chi connectivity index (χ2n) is 5.43. The van der Waals surface area contributed by atoms with Crippen molar-refractivity contribution in [1.82, 2.24) is 4.90 Å². The van der Waals surface area contributed by atoms with Crippen LogP contribution < -0.4 is 4.74 Å². The molecule has 0 bridgehead atoms. The van der Waals surface area contributed by atoms with Gasteiger partial charge in [0.2, 0.25) is 0 Å². The van der Waals surface area contributed by atoms with Gasteiger partial charge < -0.3 is 14.4 Å². The van der Waals surface area contributed by atoms with E-state index in [9.17, 15) is 9.59 Å². The van der Waals surface area contributed by atoms with E-state index in [1.807, 2.05) is 37.3 Å². The van der Waals surface area contributed by atoms with Crippen molar-refractivity contribution in [2.75, 3.05) is 19.8 Å². The van der Waals surface area contributed by atoms with E-state index >= 15 is 0 Å². The maximum atomic E-state index is 12.3. The van der Waals surface area contributed by atoms with Crippen molar-refractivity contribution in [2.24, 2.45) is 0 Å². The van der Waals surface area contributed by atoms with Crippen molar-refractivity contribution >= 4 is 11.9 Å². The van der Waals surface area contributed by atoms with Crippen LogP contribution in [0.4, 0.5) is 0 Å². The summed E-state index contributed by atoms with van der Waals surface area (Å²) in [6.45, 7) is 5.16. The molecule has 0 aliphatic carbocycles. The predicted molar refractivity (Wildman–Crippen MR) is 95.4 cm³/mol. The van der Waals surface area contributed by atoms with E-state index in [1.54, 1.807) is 36.1 Å². The number of hydrogen-bond acceptors (Lipinski definition) is 4. The number of likely N-dealkylation sites (N-methyl/N-ethyl adjacent to an activating group) is 1. The van der Waals surface area contributed by atoms with Crippen LogP contribution in [-0.4, -0.2) is 36.5 Å². The van der Waals surface area contributed by atoms with Gasteiger partial charge in [0.15, 0.2) is 6.61 Å². The molecule has 0 unspecified atom stereocenters. The molecule has 25 heavy (non-hydrogen) atoms. The van der Waals surface area contributed by atoms with Gasteiger partial charge in [0.1, 0.15) is 5.75 Å². The standard InChI is InChI=1S/C20H23NO4/c1-3-21(14-16-8-6-5-7-9-16)19(22)15-25-18-12-10-17(11-13-18)20(23)24-4-2/h5-13H,3-4,14-15H2,1-2H3. The third-order valence-electron chi connectivity index (χ3n) is 3.68. The maximum Gasteiger partial charge on any atom is 0.338 e. The third-order valence-corrected chi connectivity index (χ3v) is 3.68. The minimum atomic E-state index is -0.370. The van der Waals surface area contributed by atoms with Crippen LogP contribution in [0.2, 0.25) is 0 Å². The van der Waals surface area contributed by atoms with Gasteiger partial charge in [0.25, 0.3) is 5.91 Å². The SMILES string of the molecule is CCOC(=O)c1ccc(OCC(=O)N(CC)Cc2ccccc2)cc1. The molecule has 2 aromatic rings. The topological polar surface area (TPSA) is 55.8 Å². The molecule has 0 aliphatic rings. The fourth-order valence-corrected chi connectivity index (χ4v) is 2.32. The summed E-state index contributed by atoms with van der Waals surface area (Å²) in [5.41, 5.74) is 1.54. The molecule has 0 aromatic heterocycles. The summed E-state index contributed by atoms with van der Waals surface area (Å²) in [7, 11) is 0. The van der Waals surface area contributed by atoms with E-state index in [0.29, 0.717) is 31.0 Å². The van der Waals surface area contributed by atoms with E-state index in [4.69, 9.17) is 9.47 Å². The van der Waals surface area contributed by atoms with Crippen molar-refractivity contribution in [1.29, 1.82) is 0 Å². The highest BCUT2D eigenvalue weighted by Gasteiger charge is 2.13. The molecule has 0 heterocycles. The van der Waals surface area contributed by atoms with Crippen LogP contribution in [0, 0.1) is 0 Å². The van der Waals surface area contributed by atoms with Gasteiger partial charge in [0, 0.05) is 13.1 Å². The first-order valence-corrected chi connectivity index (χ1v) is 8.35. The molecule has 0 spiro atoms. The van der Waals surface area contributed by atoms with Crippen LogP contribution in [0.5, 0.6) is 5.75 Å². The van der Waals surface area contributed by atoms with E-state index in [1.165, 1.54) is 0 Å². The molecule has 5 heteroatoms. The number of esters is 1. The summed E-state index contributed by atoms with van der Waals surface area (Å²) in [5, 5.41) is 0. The molecule has 0 radical (unpaired) electrons. The van der Waals surface area contributed by atoms with Crippen LogP contribution in [0.1, 0.15) is 29.8 Å². The Labute approximate surface area is 148 Å². The summed E-state index contributed by atoms with van der Waals surface area (Å²) in [5.74, 6) is 0.0862. The summed E-state index contributed by atoms with van der Waals surface area (Å²) in [6.07, 6.45) is 0. The van der Waals surface area contributed by atoms with Crippen molar-refractivity contribution in [3.05, 3.63) is 65.7 Å². The molecule has 0 fully saturated rings. The van der Waals surface area contributed by atoms with Crippen LogP contribution in [0.25, 0.3) is 0 Å². The second kappa shape index (κ2) is 9.47. The minimum Gasteiger partial charge on any atom is -0.484 e. The van der Waals surface area contributed by atoms with E-state index in [-0.39, 0.29) is 18.5 Å². The van der Waals surface area contributed by atoms with Crippen molar-refractivity contribution in [3.63, 3.8) is 0 Å². The highest BCUT2D eigenvalue weighted by Crippen LogP contribution is 2.13. The Morgan fingerprint density at radius 2 is 1.64 bits per heavy atom.